The first kappa shape index (κ1) is 23.2. The second-order valence-corrected chi connectivity index (χ2v) is 4.58. The monoisotopic (exact) mass is 374 g/mol. The SMILES string of the molecule is O=C1O[C@@H]([C@H](O)CO)C(O)=C1O.O=C1O[C@@H]([C@H](O)CO)C([O-])=C1[O-].[Mg+2]. The Kier molecular flexibility index (Phi) is 8.96. The van der Waals surface area contributed by atoms with E-state index in [4.69, 9.17) is 30.6 Å². The maximum Gasteiger partial charge on any atom is 2.00 e. The van der Waals surface area contributed by atoms with Crippen LogP contribution in [0.15, 0.2) is 23.0 Å². The van der Waals surface area contributed by atoms with Crippen molar-refractivity contribution in [3.63, 3.8) is 0 Å². The zero-order valence-corrected chi connectivity index (χ0v) is 14.0. The second-order valence-electron chi connectivity index (χ2n) is 4.58. The number of hydrogen-bond acceptors (Lipinski definition) is 12. The Bertz CT molecular complexity index is 520. The van der Waals surface area contributed by atoms with Crippen LogP contribution in [0.2, 0.25) is 0 Å². The average Bonchev–Trinajstić information content (AvgIpc) is 2.98. The molecule has 13 heteroatoms. The smallest absolute Gasteiger partial charge is 0.873 e. The van der Waals surface area contributed by atoms with Gasteiger partial charge in [-0.3, -0.25) is 0 Å². The number of aliphatic hydroxyl groups is 6. The summed E-state index contributed by atoms with van der Waals surface area (Å²) in [5.74, 6) is -6.45. The summed E-state index contributed by atoms with van der Waals surface area (Å²) in [5.41, 5.74) is 0. The van der Waals surface area contributed by atoms with Gasteiger partial charge in [0.1, 0.15) is 18.3 Å². The van der Waals surface area contributed by atoms with Gasteiger partial charge in [0.2, 0.25) is 5.76 Å². The number of rotatable bonds is 4. The van der Waals surface area contributed by atoms with Gasteiger partial charge in [-0.25, -0.2) is 9.59 Å². The number of carbonyl (C=O) groups is 2. The van der Waals surface area contributed by atoms with E-state index >= 15 is 0 Å². The van der Waals surface area contributed by atoms with E-state index in [2.05, 4.69) is 9.47 Å². The zero-order valence-electron chi connectivity index (χ0n) is 12.6. The van der Waals surface area contributed by atoms with Gasteiger partial charge in [0.15, 0.2) is 11.9 Å². The Morgan fingerprint density at radius 1 is 0.920 bits per heavy atom. The standard InChI is InChI=1S/2C6H8O6.Mg/c2*7-1-2(8)5-3(9)4(10)6(11)12-5;/h2*2,5,7-10H,1H2;/q;;+2/p-2/t2*2-,5+;/m11./s1. The molecule has 0 spiro atoms. The summed E-state index contributed by atoms with van der Waals surface area (Å²) in [7, 11) is 0. The molecule has 136 valence electrons. The molecule has 12 nitrogen and oxygen atoms in total. The van der Waals surface area contributed by atoms with Gasteiger partial charge in [-0.1, -0.05) is 5.76 Å². The largest absolute Gasteiger partial charge is 2.00 e. The molecule has 4 atom stereocenters. The molecule has 25 heavy (non-hydrogen) atoms. The Morgan fingerprint density at radius 3 is 1.68 bits per heavy atom. The molecule has 2 aliphatic heterocycles. The molecule has 0 saturated carbocycles. The number of cyclic esters (lactones) is 2. The van der Waals surface area contributed by atoms with Crippen LogP contribution in [0.5, 0.6) is 0 Å². The summed E-state index contributed by atoms with van der Waals surface area (Å²) in [4.78, 5) is 21.0. The van der Waals surface area contributed by atoms with E-state index in [0.29, 0.717) is 0 Å². The van der Waals surface area contributed by atoms with Crippen LogP contribution >= 0.6 is 0 Å². The first-order chi connectivity index (χ1) is 11.1. The molecule has 0 aromatic carbocycles. The number of carbonyl (C=O) groups excluding carboxylic acids is 2. The Morgan fingerprint density at radius 2 is 1.36 bits per heavy atom. The van der Waals surface area contributed by atoms with Gasteiger partial charge < -0.3 is 50.3 Å². The molecule has 0 radical (unpaired) electrons. The van der Waals surface area contributed by atoms with Gasteiger partial charge in [-0.05, 0) is 5.76 Å². The van der Waals surface area contributed by atoms with Crippen LogP contribution in [0.1, 0.15) is 0 Å². The molecule has 0 aliphatic carbocycles. The maximum atomic E-state index is 10.7. The van der Waals surface area contributed by atoms with Crippen LogP contribution in [-0.4, -0.2) is 103 Å². The van der Waals surface area contributed by atoms with Gasteiger partial charge in [0.05, 0.1) is 13.2 Å². The van der Waals surface area contributed by atoms with Crippen LogP contribution in [0.4, 0.5) is 0 Å². The minimum atomic E-state index is -1.53. The summed E-state index contributed by atoms with van der Waals surface area (Å²) < 4.78 is 8.51. The summed E-state index contributed by atoms with van der Waals surface area (Å²) >= 11 is 0. The summed E-state index contributed by atoms with van der Waals surface area (Å²) in [6.07, 6.45) is -5.83. The topological polar surface area (TPSA) is 220 Å². The first-order valence-electron chi connectivity index (χ1n) is 6.35. The molecule has 0 aromatic heterocycles. The minimum absolute atomic E-state index is 0. The summed E-state index contributed by atoms with van der Waals surface area (Å²) in [5, 5.41) is 73.6. The summed E-state index contributed by atoms with van der Waals surface area (Å²) in [6, 6.07) is 0. The van der Waals surface area contributed by atoms with Gasteiger partial charge in [0.25, 0.3) is 0 Å². The molecule has 2 aliphatic rings. The van der Waals surface area contributed by atoms with Crippen molar-refractivity contribution in [2.45, 2.75) is 24.4 Å². The average molecular weight is 375 g/mol. The molecule has 2 rings (SSSR count). The molecule has 0 fully saturated rings. The predicted molar refractivity (Wildman–Crippen MR) is 71.0 cm³/mol. The normalized spacial score (nSPS) is 24.8. The fraction of sp³-hybridized carbons (Fsp3) is 0.500. The van der Waals surface area contributed by atoms with E-state index in [0.717, 1.165) is 0 Å². The molecule has 2 heterocycles. The molecule has 0 amide bonds. The van der Waals surface area contributed by atoms with Crippen LogP contribution < -0.4 is 10.2 Å². The zero-order chi connectivity index (χ0) is 18.6. The van der Waals surface area contributed by atoms with Crippen molar-refractivity contribution < 1.29 is 59.9 Å². The van der Waals surface area contributed by atoms with Crippen LogP contribution in [0.3, 0.4) is 0 Å². The Balaban J connectivity index is 0.000000443. The predicted octanol–water partition coefficient (Wildman–Crippen LogP) is -5.59. The van der Waals surface area contributed by atoms with Crippen LogP contribution in [0.25, 0.3) is 0 Å². The van der Waals surface area contributed by atoms with Crippen molar-refractivity contribution in [2.24, 2.45) is 0 Å². The van der Waals surface area contributed by atoms with Crippen molar-refractivity contribution >= 4 is 35.0 Å². The van der Waals surface area contributed by atoms with Crippen molar-refractivity contribution in [3.8, 4) is 0 Å². The number of aliphatic hydroxyl groups excluding tert-OH is 6. The van der Waals surface area contributed by atoms with Crippen molar-refractivity contribution in [1.82, 2.24) is 0 Å². The Hall–Kier alpha value is -1.77. The van der Waals surface area contributed by atoms with Crippen LogP contribution in [-0.2, 0) is 19.1 Å². The first-order valence-corrected chi connectivity index (χ1v) is 6.35. The molecule has 0 unspecified atom stereocenters. The van der Waals surface area contributed by atoms with Crippen molar-refractivity contribution in [1.29, 1.82) is 0 Å². The van der Waals surface area contributed by atoms with Gasteiger partial charge in [-0.15, -0.1) is 0 Å². The van der Waals surface area contributed by atoms with E-state index in [1.807, 2.05) is 0 Å². The van der Waals surface area contributed by atoms with Crippen LogP contribution in [0, 0.1) is 0 Å². The fourth-order valence-corrected chi connectivity index (χ4v) is 1.62. The molecule has 0 saturated heterocycles. The van der Waals surface area contributed by atoms with Gasteiger partial charge in [0, 0.05) is 0 Å². The summed E-state index contributed by atoms with van der Waals surface area (Å²) in [6.45, 7) is -1.41. The van der Waals surface area contributed by atoms with E-state index < -0.39 is 72.6 Å². The number of ether oxygens (including phenoxy) is 2. The quantitative estimate of drug-likeness (QED) is 0.200. The third kappa shape index (κ3) is 5.10. The van der Waals surface area contributed by atoms with Crippen molar-refractivity contribution in [3.05, 3.63) is 23.0 Å². The minimum Gasteiger partial charge on any atom is -0.873 e. The van der Waals surface area contributed by atoms with Crippen molar-refractivity contribution in [2.75, 3.05) is 13.2 Å². The molecule has 6 N–H and O–H groups in total. The van der Waals surface area contributed by atoms with E-state index in [1.165, 1.54) is 0 Å². The van der Waals surface area contributed by atoms with Gasteiger partial charge >= 0.3 is 35.0 Å². The van der Waals surface area contributed by atoms with E-state index in [-0.39, 0.29) is 23.1 Å². The number of esters is 2. The molecule has 0 bridgehead atoms. The Labute approximate surface area is 156 Å². The van der Waals surface area contributed by atoms with E-state index in [9.17, 15) is 19.8 Å². The molecular formula is C12H14MgO12. The van der Waals surface area contributed by atoms with Gasteiger partial charge in [-0.2, -0.15) is 0 Å². The fourth-order valence-electron chi connectivity index (χ4n) is 1.62. The second kappa shape index (κ2) is 9.64. The van der Waals surface area contributed by atoms with E-state index in [1.54, 1.807) is 0 Å². The maximum absolute atomic E-state index is 10.7. The number of hydrogen-bond donors (Lipinski definition) is 6. The third-order valence-corrected chi connectivity index (χ3v) is 2.91. The molecule has 0 aromatic rings. The third-order valence-electron chi connectivity index (χ3n) is 2.91. The molecular weight excluding hydrogens is 360 g/mol.